The molecule has 4 heterocycles. The van der Waals surface area contributed by atoms with Crippen molar-refractivity contribution in [1.29, 1.82) is 0 Å². The zero-order valence-electron chi connectivity index (χ0n) is 20.4. The van der Waals surface area contributed by atoms with E-state index in [4.69, 9.17) is 0 Å². The number of piperazine rings is 1. The minimum atomic E-state index is -0.578. The number of thiazole rings is 1. The van der Waals surface area contributed by atoms with Gasteiger partial charge in [0.1, 0.15) is 17.0 Å². The van der Waals surface area contributed by atoms with Crippen LogP contribution in [0.25, 0.3) is 10.3 Å². The Kier molecular flexibility index (Phi) is 6.42. The molecule has 0 unspecified atom stereocenters. The SMILES string of the molecule is CN1CCN(c2cccc(C(=O)Nc3[nH]nc4sc(C(=O)NC(C)(C)c5ccccc5)nc34)n2)CC1. The van der Waals surface area contributed by atoms with Crippen LogP contribution in [-0.4, -0.2) is 70.1 Å². The normalized spacial score (nSPS) is 14.7. The lowest BCUT2D eigenvalue weighted by Gasteiger charge is -2.33. The van der Waals surface area contributed by atoms with Crippen molar-refractivity contribution in [2.24, 2.45) is 0 Å². The van der Waals surface area contributed by atoms with Gasteiger partial charge in [-0.25, -0.2) is 9.97 Å². The summed E-state index contributed by atoms with van der Waals surface area (Å²) in [5, 5.41) is 13.1. The molecule has 186 valence electrons. The fourth-order valence-corrected chi connectivity index (χ4v) is 4.90. The molecule has 0 spiro atoms. The number of carbonyl (C=O) groups is 2. The number of anilines is 2. The molecule has 2 amide bonds. The van der Waals surface area contributed by atoms with Crippen molar-refractivity contribution < 1.29 is 9.59 Å². The number of rotatable bonds is 6. The Labute approximate surface area is 212 Å². The first-order valence-corrected chi connectivity index (χ1v) is 12.6. The Bertz CT molecular complexity index is 1390. The number of benzene rings is 1. The quantitative estimate of drug-likeness (QED) is 0.369. The maximum absolute atomic E-state index is 13.0. The molecule has 4 aromatic rings. The van der Waals surface area contributed by atoms with Crippen LogP contribution in [0, 0.1) is 0 Å². The van der Waals surface area contributed by atoms with Crippen molar-refractivity contribution in [3.8, 4) is 0 Å². The van der Waals surface area contributed by atoms with Gasteiger partial charge in [0.2, 0.25) is 0 Å². The minimum Gasteiger partial charge on any atom is -0.354 e. The molecule has 10 nitrogen and oxygen atoms in total. The average Bonchev–Trinajstić information content (AvgIpc) is 3.47. The standard InChI is InChI=1S/C25H28N8O2S/c1-25(2,16-8-5-4-6-9-16)29-22(35)24-27-19-20(30-31-23(19)36-24)28-21(34)17-10-7-11-18(26-17)33-14-12-32(3)13-15-33/h4-11H,12-15H2,1-3H3,(H,29,35)(H2,28,30,31,34). The number of aromatic nitrogens is 4. The highest BCUT2D eigenvalue weighted by atomic mass is 32.1. The van der Waals surface area contributed by atoms with E-state index in [0.717, 1.165) is 48.9 Å². The summed E-state index contributed by atoms with van der Waals surface area (Å²) in [5.41, 5.74) is 1.14. The van der Waals surface area contributed by atoms with Gasteiger partial charge in [0.15, 0.2) is 15.7 Å². The number of likely N-dealkylation sites (N-methyl/N-ethyl adjacent to an activating group) is 1. The van der Waals surface area contributed by atoms with Crippen molar-refractivity contribution in [3.63, 3.8) is 0 Å². The molecule has 1 saturated heterocycles. The van der Waals surface area contributed by atoms with Gasteiger partial charge in [0.25, 0.3) is 11.8 Å². The molecule has 5 rings (SSSR count). The molecule has 0 atom stereocenters. The summed E-state index contributed by atoms with van der Waals surface area (Å²) in [6.45, 7) is 7.50. The maximum atomic E-state index is 13.0. The summed E-state index contributed by atoms with van der Waals surface area (Å²) in [6.07, 6.45) is 0. The lowest BCUT2D eigenvalue weighted by atomic mass is 9.94. The number of nitrogens with zero attached hydrogens (tertiary/aromatic N) is 5. The Hall–Kier alpha value is -3.83. The molecular formula is C25H28N8O2S. The van der Waals surface area contributed by atoms with Gasteiger partial charge in [-0.15, -0.1) is 0 Å². The van der Waals surface area contributed by atoms with E-state index >= 15 is 0 Å². The van der Waals surface area contributed by atoms with Crippen molar-refractivity contribution in [2.75, 3.05) is 43.4 Å². The second kappa shape index (κ2) is 9.67. The van der Waals surface area contributed by atoms with E-state index in [9.17, 15) is 9.59 Å². The van der Waals surface area contributed by atoms with E-state index in [1.54, 1.807) is 6.07 Å². The van der Waals surface area contributed by atoms with Crippen LogP contribution in [0.15, 0.2) is 48.5 Å². The van der Waals surface area contributed by atoms with Gasteiger partial charge in [-0.2, -0.15) is 5.10 Å². The molecule has 1 aliphatic rings. The van der Waals surface area contributed by atoms with E-state index in [2.05, 4.69) is 47.6 Å². The number of amides is 2. The number of aromatic amines is 1. The molecular weight excluding hydrogens is 476 g/mol. The average molecular weight is 505 g/mol. The zero-order chi connectivity index (χ0) is 25.3. The number of pyridine rings is 1. The predicted molar refractivity (Wildman–Crippen MR) is 141 cm³/mol. The van der Waals surface area contributed by atoms with Gasteiger partial charge in [0.05, 0.1) is 5.54 Å². The summed E-state index contributed by atoms with van der Waals surface area (Å²) >= 11 is 1.16. The molecule has 1 aromatic carbocycles. The van der Waals surface area contributed by atoms with Crippen LogP contribution in [0.2, 0.25) is 0 Å². The zero-order valence-corrected chi connectivity index (χ0v) is 21.2. The van der Waals surface area contributed by atoms with E-state index in [0.29, 0.717) is 21.9 Å². The molecule has 0 radical (unpaired) electrons. The third kappa shape index (κ3) is 4.93. The Morgan fingerprint density at radius 3 is 2.47 bits per heavy atom. The molecule has 1 fully saturated rings. The first kappa shape index (κ1) is 23.9. The molecule has 0 saturated carbocycles. The molecule has 3 N–H and O–H groups in total. The largest absolute Gasteiger partial charge is 0.354 e. The van der Waals surface area contributed by atoms with Gasteiger partial charge in [-0.3, -0.25) is 14.7 Å². The topological polar surface area (TPSA) is 119 Å². The number of hydrogen-bond acceptors (Lipinski definition) is 8. The number of fused-ring (bicyclic) bond motifs is 1. The minimum absolute atomic E-state index is 0.274. The summed E-state index contributed by atoms with van der Waals surface area (Å²) in [5.74, 6) is 0.435. The van der Waals surface area contributed by atoms with Gasteiger partial charge in [0, 0.05) is 26.2 Å². The van der Waals surface area contributed by atoms with Gasteiger partial charge >= 0.3 is 0 Å². The van der Waals surface area contributed by atoms with Gasteiger partial charge in [-0.1, -0.05) is 47.7 Å². The first-order chi connectivity index (χ1) is 17.3. The highest BCUT2D eigenvalue weighted by molar-refractivity contribution is 7.20. The Balaban J connectivity index is 1.30. The molecule has 0 aliphatic carbocycles. The monoisotopic (exact) mass is 504 g/mol. The summed E-state index contributed by atoms with van der Waals surface area (Å²) in [6, 6.07) is 15.2. The van der Waals surface area contributed by atoms with Gasteiger partial charge < -0.3 is 20.4 Å². The summed E-state index contributed by atoms with van der Waals surface area (Å²) in [4.78, 5) is 39.9. The number of H-pyrrole nitrogens is 1. The van der Waals surface area contributed by atoms with E-state index < -0.39 is 5.54 Å². The molecule has 1 aliphatic heterocycles. The molecule has 36 heavy (non-hydrogen) atoms. The molecule has 0 bridgehead atoms. The van der Waals surface area contributed by atoms with Crippen LogP contribution in [0.4, 0.5) is 11.6 Å². The Morgan fingerprint density at radius 2 is 1.72 bits per heavy atom. The third-order valence-corrected chi connectivity index (χ3v) is 7.21. The number of carbonyl (C=O) groups excluding carboxylic acids is 2. The third-order valence-electron chi connectivity index (χ3n) is 6.26. The fourth-order valence-electron chi connectivity index (χ4n) is 4.10. The van der Waals surface area contributed by atoms with Crippen LogP contribution in [0.1, 0.15) is 39.7 Å². The Morgan fingerprint density at radius 1 is 0.972 bits per heavy atom. The second-order valence-corrected chi connectivity index (χ2v) is 10.3. The molecule has 11 heteroatoms. The van der Waals surface area contributed by atoms with Gasteiger partial charge in [-0.05, 0) is 38.6 Å². The second-order valence-electron chi connectivity index (χ2n) is 9.34. The van der Waals surface area contributed by atoms with Crippen molar-refractivity contribution in [2.45, 2.75) is 19.4 Å². The van der Waals surface area contributed by atoms with Crippen LogP contribution in [0.3, 0.4) is 0 Å². The summed E-state index contributed by atoms with van der Waals surface area (Å²) in [7, 11) is 2.09. The maximum Gasteiger partial charge on any atom is 0.281 e. The smallest absolute Gasteiger partial charge is 0.281 e. The van der Waals surface area contributed by atoms with Crippen molar-refractivity contribution >= 4 is 45.1 Å². The van der Waals surface area contributed by atoms with Crippen molar-refractivity contribution in [1.82, 2.24) is 30.4 Å². The lowest BCUT2D eigenvalue weighted by molar-refractivity contribution is 0.0911. The van der Waals surface area contributed by atoms with E-state index in [-0.39, 0.29) is 16.8 Å². The highest BCUT2D eigenvalue weighted by Gasteiger charge is 2.26. The highest BCUT2D eigenvalue weighted by Crippen LogP contribution is 2.27. The lowest BCUT2D eigenvalue weighted by Crippen LogP contribution is -2.44. The van der Waals surface area contributed by atoms with Crippen LogP contribution in [-0.2, 0) is 5.54 Å². The first-order valence-electron chi connectivity index (χ1n) is 11.7. The van der Waals surface area contributed by atoms with Crippen molar-refractivity contribution in [3.05, 3.63) is 64.8 Å². The molecule has 3 aromatic heterocycles. The van der Waals surface area contributed by atoms with Crippen LogP contribution in [0.5, 0.6) is 0 Å². The fraction of sp³-hybridized carbons (Fsp3) is 0.320. The number of nitrogens with one attached hydrogen (secondary N) is 3. The summed E-state index contributed by atoms with van der Waals surface area (Å²) < 4.78 is 0. The van der Waals surface area contributed by atoms with Crippen LogP contribution >= 0.6 is 11.3 Å². The van der Waals surface area contributed by atoms with E-state index in [1.807, 2.05) is 56.3 Å². The number of hydrogen-bond donors (Lipinski definition) is 3. The van der Waals surface area contributed by atoms with Crippen LogP contribution < -0.4 is 15.5 Å². The predicted octanol–water partition coefficient (Wildman–Crippen LogP) is 3.08. The van der Waals surface area contributed by atoms with E-state index in [1.165, 1.54) is 0 Å².